The molecule has 0 unspecified atom stereocenters. The predicted octanol–water partition coefficient (Wildman–Crippen LogP) is 3.42. The van der Waals surface area contributed by atoms with Crippen LogP contribution in [0.15, 0.2) is 48.5 Å². The molecule has 126 valence electrons. The van der Waals surface area contributed by atoms with E-state index in [1.54, 1.807) is 24.3 Å². The lowest BCUT2D eigenvalue weighted by atomic mass is 10.2. The number of amides is 2. The Morgan fingerprint density at radius 2 is 1.58 bits per heavy atom. The van der Waals surface area contributed by atoms with Gasteiger partial charge in [-0.2, -0.15) is 0 Å². The molecule has 2 aromatic rings. The Kier molecular flexibility index (Phi) is 6.78. The van der Waals surface area contributed by atoms with Crippen molar-refractivity contribution in [3.05, 3.63) is 59.1 Å². The Morgan fingerprint density at radius 1 is 0.958 bits per heavy atom. The minimum absolute atomic E-state index is 0.0751. The van der Waals surface area contributed by atoms with Gasteiger partial charge in [-0.3, -0.25) is 9.59 Å². The molecule has 2 rings (SSSR count). The molecule has 3 N–H and O–H groups in total. The number of halogens is 1. The van der Waals surface area contributed by atoms with Gasteiger partial charge in [-0.05, 0) is 35.9 Å². The highest BCUT2D eigenvalue weighted by Crippen LogP contribution is 2.15. The molecule has 0 spiro atoms. The Morgan fingerprint density at radius 3 is 2.21 bits per heavy atom. The van der Waals surface area contributed by atoms with Gasteiger partial charge in [0.25, 0.3) is 0 Å². The SMILES string of the molecule is CC(=O)Nc1ccc(NC(=O)CCNCc2ccccc2Cl)cc1. The molecule has 0 radical (unpaired) electrons. The van der Waals surface area contributed by atoms with E-state index in [2.05, 4.69) is 16.0 Å². The normalized spacial score (nSPS) is 10.2. The first-order valence-electron chi connectivity index (χ1n) is 7.66. The molecular formula is C18H20ClN3O2. The summed E-state index contributed by atoms with van der Waals surface area (Å²) in [6, 6.07) is 14.6. The van der Waals surface area contributed by atoms with Crippen molar-refractivity contribution in [1.29, 1.82) is 0 Å². The molecule has 0 aliphatic heterocycles. The molecule has 0 heterocycles. The average molecular weight is 346 g/mol. The largest absolute Gasteiger partial charge is 0.326 e. The zero-order chi connectivity index (χ0) is 17.4. The Balaban J connectivity index is 1.71. The third-order valence-corrected chi connectivity index (χ3v) is 3.66. The van der Waals surface area contributed by atoms with Gasteiger partial charge in [0.2, 0.25) is 11.8 Å². The summed E-state index contributed by atoms with van der Waals surface area (Å²) < 4.78 is 0. The molecule has 2 amide bonds. The Bertz CT molecular complexity index is 702. The first kappa shape index (κ1) is 18.0. The predicted molar refractivity (Wildman–Crippen MR) is 97.2 cm³/mol. The number of rotatable bonds is 7. The average Bonchev–Trinajstić information content (AvgIpc) is 2.54. The minimum atomic E-state index is -0.128. The van der Waals surface area contributed by atoms with Gasteiger partial charge in [0.05, 0.1) is 0 Å². The molecule has 0 aliphatic rings. The van der Waals surface area contributed by atoms with Gasteiger partial charge in [-0.15, -0.1) is 0 Å². The van der Waals surface area contributed by atoms with Crippen LogP contribution in [0.4, 0.5) is 11.4 Å². The summed E-state index contributed by atoms with van der Waals surface area (Å²) in [4.78, 5) is 22.9. The van der Waals surface area contributed by atoms with Crippen molar-refractivity contribution in [2.75, 3.05) is 17.2 Å². The quantitative estimate of drug-likeness (QED) is 0.673. The van der Waals surface area contributed by atoms with Gasteiger partial charge in [0.15, 0.2) is 0 Å². The van der Waals surface area contributed by atoms with E-state index in [1.807, 2.05) is 24.3 Å². The van der Waals surface area contributed by atoms with E-state index in [1.165, 1.54) is 6.92 Å². The van der Waals surface area contributed by atoms with Crippen LogP contribution in [-0.2, 0) is 16.1 Å². The van der Waals surface area contributed by atoms with Crippen LogP contribution in [0.3, 0.4) is 0 Å². The fraction of sp³-hybridized carbons (Fsp3) is 0.222. The highest BCUT2D eigenvalue weighted by Gasteiger charge is 2.04. The summed E-state index contributed by atoms with van der Waals surface area (Å²) in [5.74, 6) is -0.203. The highest BCUT2D eigenvalue weighted by molar-refractivity contribution is 6.31. The summed E-state index contributed by atoms with van der Waals surface area (Å²) in [5, 5.41) is 9.40. The fourth-order valence-electron chi connectivity index (χ4n) is 2.13. The van der Waals surface area contributed by atoms with Gasteiger partial charge in [0.1, 0.15) is 0 Å². The molecule has 0 atom stereocenters. The first-order valence-corrected chi connectivity index (χ1v) is 8.04. The highest BCUT2D eigenvalue weighted by atomic mass is 35.5. The maximum absolute atomic E-state index is 11.9. The Hall–Kier alpha value is -2.37. The zero-order valence-corrected chi connectivity index (χ0v) is 14.2. The van der Waals surface area contributed by atoms with E-state index in [9.17, 15) is 9.59 Å². The van der Waals surface area contributed by atoms with Crippen molar-refractivity contribution in [3.63, 3.8) is 0 Å². The molecule has 0 aromatic heterocycles. The zero-order valence-electron chi connectivity index (χ0n) is 13.4. The lowest BCUT2D eigenvalue weighted by Crippen LogP contribution is -2.21. The molecule has 24 heavy (non-hydrogen) atoms. The summed E-state index contributed by atoms with van der Waals surface area (Å²) >= 11 is 6.07. The fourth-order valence-corrected chi connectivity index (χ4v) is 2.33. The van der Waals surface area contributed by atoms with Crippen molar-refractivity contribution in [1.82, 2.24) is 5.32 Å². The maximum Gasteiger partial charge on any atom is 0.225 e. The molecule has 5 nitrogen and oxygen atoms in total. The van der Waals surface area contributed by atoms with Crippen LogP contribution in [-0.4, -0.2) is 18.4 Å². The molecule has 0 fully saturated rings. The van der Waals surface area contributed by atoms with Gasteiger partial charge >= 0.3 is 0 Å². The van der Waals surface area contributed by atoms with Crippen LogP contribution in [0.2, 0.25) is 5.02 Å². The van der Waals surface area contributed by atoms with Gasteiger partial charge in [-0.25, -0.2) is 0 Å². The second-order valence-corrected chi connectivity index (χ2v) is 5.73. The van der Waals surface area contributed by atoms with Gasteiger partial charge in [0, 0.05) is 42.8 Å². The lowest BCUT2D eigenvalue weighted by molar-refractivity contribution is -0.116. The molecule has 2 aromatic carbocycles. The number of carbonyl (C=O) groups excluding carboxylic acids is 2. The number of anilines is 2. The van der Waals surface area contributed by atoms with E-state index in [0.29, 0.717) is 35.9 Å². The van der Waals surface area contributed by atoms with E-state index in [4.69, 9.17) is 11.6 Å². The van der Waals surface area contributed by atoms with Gasteiger partial charge < -0.3 is 16.0 Å². The second-order valence-electron chi connectivity index (χ2n) is 5.32. The Labute approximate surface area is 146 Å². The maximum atomic E-state index is 11.9. The van der Waals surface area contributed by atoms with E-state index >= 15 is 0 Å². The lowest BCUT2D eigenvalue weighted by Gasteiger charge is -2.08. The van der Waals surface area contributed by atoms with Gasteiger partial charge in [-0.1, -0.05) is 29.8 Å². The summed E-state index contributed by atoms with van der Waals surface area (Å²) in [5.41, 5.74) is 2.40. The summed E-state index contributed by atoms with van der Waals surface area (Å²) in [6.45, 7) is 2.63. The standard InChI is InChI=1S/C18H20ClN3O2/c1-13(23)21-15-6-8-16(9-7-15)22-18(24)10-11-20-12-14-4-2-3-5-17(14)19/h2-9,20H,10-12H2,1H3,(H,21,23)(H,22,24). The number of hydrogen-bond donors (Lipinski definition) is 3. The third-order valence-electron chi connectivity index (χ3n) is 3.29. The van der Waals surface area contributed by atoms with Crippen molar-refractivity contribution >= 4 is 34.8 Å². The van der Waals surface area contributed by atoms with Crippen LogP contribution >= 0.6 is 11.6 Å². The van der Waals surface area contributed by atoms with E-state index < -0.39 is 0 Å². The summed E-state index contributed by atoms with van der Waals surface area (Å²) in [7, 11) is 0. The van der Waals surface area contributed by atoms with Crippen LogP contribution < -0.4 is 16.0 Å². The number of benzene rings is 2. The molecule has 0 saturated carbocycles. The summed E-state index contributed by atoms with van der Waals surface area (Å²) in [6.07, 6.45) is 0.359. The first-order chi connectivity index (χ1) is 11.5. The van der Waals surface area contributed by atoms with Crippen LogP contribution in [0.1, 0.15) is 18.9 Å². The monoisotopic (exact) mass is 345 g/mol. The number of carbonyl (C=O) groups is 2. The molecule has 0 bridgehead atoms. The molecule has 0 aliphatic carbocycles. The van der Waals surface area contributed by atoms with Crippen LogP contribution in [0, 0.1) is 0 Å². The van der Waals surface area contributed by atoms with Crippen LogP contribution in [0.5, 0.6) is 0 Å². The molecule has 6 heteroatoms. The number of hydrogen-bond acceptors (Lipinski definition) is 3. The number of nitrogens with one attached hydrogen (secondary N) is 3. The van der Waals surface area contributed by atoms with E-state index in [0.717, 1.165) is 5.56 Å². The van der Waals surface area contributed by atoms with Crippen molar-refractivity contribution in [2.24, 2.45) is 0 Å². The van der Waals surface area contributed by atoms with Crippen molar-refractivity contribution in [2.45, 2.75) is 19.9 Å². The minimum Gasteiger partial charge on any atom is -0.326 e. The van der Waals surface area contributed by atoms with Crippen molar-refractivity contribution < 1.29 is 9.59 Å². The van der Waals surface area contributed by atoms with E-state index in [-0.39, 0.29) is 11.8 Å². The van der Waals surface area contributed by atoms with Crippen molar-refractivity contribution in [3.8, 4) is 0 Å². The topological polar surface area (TPSA) is 70.2 Å². The molecule has 0 saturated heterocycles. The smallest absolute Gasteiger partial charge is 0.225 e. The molecular weight excluding hydrogens is 326 g/mol. The van der Waals surface area contributed by atoms with Crippen LogP contribution in [0.25, 0.3) is 0 Å². The second kappa shape index (κ2) is 9.05. The third kappa shape index (κ3) is 6.02.